The first-order valence-electron chi connectivity index (χ1n) is 5.52. The first kappa shape index (κ1) is 13.2. The van der Waals surface area contributed by atoms with Crippen LogP contribution in [0.5, 0.6) is 0 Å². The SMILES string of the molecule is CC(CC(=O)O)NC(c1cccs1)C(C)C. The van der Waals surface area contributed by atoms with Crippen molar-refractivity contribution in [3.8, 4) is 0 Å². The van der Waals surface area contributed by atoms with Gasteiger partial charge in [0.1, 0.15) is 0 Å². The summed E-state index contributed by atoms with van der Waals surface area (Å²) >= 11 is 1.71. The van der Waals surface area contributed by atoms with Crippen LogP contribution in [-0.4, -0.2) is 17.1 Å². The summed E-state index contributed by atoms with van der Waals surface area (Å²) in [6.07, 6.45) is 0.161. The minimum Gasteiger partial charge on any atom is -0.481 e. The van der Waals surface area contributed by atoms with Gasteiger partial charge in [-0.3, -0.25) is 4.79 Å². The molecular weight excluding hydrogens is 222 g/mol. The third-order valence-electron chi connectivity index (χ3n) is 2.46. The summed E-state index contributed by atoms with van der Waals surface area (Å²) in [6, 6.07) is 4.36. The maximum Gasteiger partial charge on any atom is 0.304 e. The molecule has 2 atom stereocenters. The van der Waals surface area contributed by atoms with Crippen molar-refractivity contribution in [3.63, 3.8) is 0 Å². The van der Waals surface area contributed by atoms with E-state index >= 15 is 0 Å². The number of aliphatic carboxylic acids is 1. The lowest BCUT2D eigenvalue weighted by Crippen LogP contribution is -2.34. The lowest BCUT2D eigenvalue weighted by Gasteiger charge is -2.24. The smallest absolute Gasteiger partial charge is 0.304 e. The van der Waals surface area contributed by atoms with Gasteiger partial charge in [0.05, 0.1) is 6.42 Å². The van der Waals surface area contributed by atoms with E-state index in [4.69, 9.17) is 5.11 Å². The zero-order valence-corrected chi connectivity index (χ0v) is 10.8. The number of thiophene rings is 1. The Kier molecular flexibility index (Phi) is 4.96. The van der Waals surface area contributed by atoms with Crippen LogP contribution in [0.25, 0.3) is 0 Å². The molecule has 0 aliphatic carbocycles. The van der Waals surface area contributed by atoms with Crippen LogP contribution in [0.3, 0.4) is 0 Å². The highest BCUT2D eigenvalue weighted by molar-refractivity contribution is 7.10. The van der Waals surface area contributed by atoms with Gasteiger partial charge in [-0.1, -0.05) is 19.9 Å². The second-order valence-electron chi connectivity index (χ2n) is 4.40. The second-order valence-corrected chi connectivity index (χ2v) is 5.38. The fraction of sp³-hybridized carbons (Fsp3) is 0.583. The highest BCUT2D eigenvalue weighted by Gasteiger charge is 2.19. The molecule has 1 heterocycles. The summed E-state index contributed by atoms with van der Waals surface area (Å²) in [4.78, 5) is 11.9. The molecule has 0 spiro atoms. The molecule has 1 rings (SSSR count). The van der Waals surface area contributed by atoms with Crippen LogP contribution in [0.1, 0.15) is 38.1 Å². The molecule has 0 amide bonds. The van der Waals surface area contributed by atoms with Crippen molar-refractivity contribution in [1.29, 1.82) is 0 Å². The Morgan fingerprint density at radius 3 is 2.62 bits per heavy atom. The highest BCUT2D eigenvalue weighted by atomic mass is 32.1. The summed E-state index contributed by atoms with van der Waals surface area (Å²) in [5.41, 5.74) is 0. The van der Waals surface area contributed by atoms with Gasteiger partial charge in [-0.2, -0.15) is 0 Å². The number of carboxylic acids is 1. The van der Waals surface area contributed by atoms with Crippen molar-refractivity contribution in [2.45, 2.75) is 39.3 Å². The van der Waals surface area contributed by atoms with E-state index in [1.165, 1.54) is 4.88 Å². The molecule has 16 heavy (non-hydrogen) atoms. The Morgan fingerprint density at radius 2 is 2.19 bits per heavy atom. The van der Waals surface area contributed by atoms with Gasteiger partial charge < -0.3 is 10.4 Å². The molecule has 1 aromatic rings. The van der Waals surface area contributed by atoms with E-state index in [0.29, 0.717) is 5.92 Å². The Balaban J connectivity index is 2.62. The summed E-state index contributed by atoms with van der Waals surface area (Å²) in [6.45, 7) is 6.20. The Bertz CT molecular complexity index is 322. The number of hydrogen-bond acceptors (Lipinski definition) is 3. The van der Waals surface area contributed by atoms with E-state index < -0.39 is 5.97 Å². The average Bonchev–Trinajstić information content (AvgIpc) is 2.64. The Labute approximate surface area is 100 Å². The molecule has 0 saturated carbocycles. The first-order chi connectivity index (χ1) is 7.50. The third-order valence-corrected chi connectivity index (χ3v) is 3.42. The monoisotopic (exact) mass is 241 g/mol. The van der Waals surface area contributed by atoms with Crippen molar-refractivity contribution in [2.24, 2.45) is 5.92 Å². The Hall–Kier alpha value is -0.870. The lowest BCUT2D eigenvalue weighted by molar-refractivity contribution is -0.137. The van der Waals surface area contributed by atoms with Crippen LogP contribution in [0.2, 0.25) is 0 Å². The largest absolute Gasteiger partial charge is 0.481 e. The molecule has 0 aliphatic rings. The van der Waals surface area contributed by atoms with E-state index in [2.05, 4.69) is 25.2 Å². The fourth-order valence-electron chi connectivity index (χ4n) is 1.70. The molecule has 2 unspecified atom stereocenters. The second kappa shape index (κ2) is 6.01. The number of rotatable bonds is 6. The summed E-state index contributed by atoms with van der Waals surface area (Å²) in [5.74, 6) is -0.302. The molecule has 0 bridgehead atoms. The van der Waals surface area contributed by atoms with Crippen LogP contribution in [-0.2, 0) is 4.79 Å². The number of carbonyl (C=O) groups is 1. The normalized spacial score (nSPS) is 15.0. The van der Waals surface area contributed by atoms with Crippen LogP contribution in [0.15, 0.2) is 17.5 Å². The van der Waals surface area contributed by atoms with Crippen molar-refractivity contribution in [2.75, 3.05) is 0 Å². The molecule has 1 aromatic heterocycles. The predicted octanol–water partition coefficient (Wildman–Crippen LogP) is 2.90. The predicted molar refractivity (Wildman–Crippen MR) is 66.7 cm³/mol. The molecule has 3 nitrogen and oxygen atoms in total. The summed E-state index contributed by atoms with van der Waals surface area (Å²) in [7, 11) is 0. The van der Waals surface area contributed by atoms with E-state index in [1.54, 1.807) is 11.3 Å². The molecule has 4 heteroatoms. The highest BCUT2D eigenvalue weighted by Crippen LogP contribution is 2.26. The first-order valence-corrected chi connectivity index (χ1v) is 6.40. The van der Waals surface area contributed by atoms with Crippen LogP contribution < -0.4 is 5.32 Å². The van der Waals surface area contributed by atoms with E-state index in [9.17, 15) is 4.79 Å². The standard InChI is InChI=1S/C12H19NO2S/c1-8(2)12(10-5-4-6-16-10)13-9(3)7-11(14)15/h4-6,8-9,12-13H,7H2,1-3H3,(H,14,15). The van der Waals surface area contributed by atoms with Crippen LogP contribution in [0.4, 0.5) is 0 Å². The number of nitrogens with one attached hydrogen (secondary N) is 1. The van der Waals surface area contributed by atoms with Crippen molar-refractivity contribution >= 4 is 17.3 Å². The molecule has 0 aromatic carbocycles. The van der Waals surface area contributed by atoms with Gasteiger partial charge in [0.15, 0.2) is 0 Å². The molecular formula is C12H19NO2S. The number of hydrogen-bond donors (Lipinski definition) is 2. The topological polar surface area (TPSA) is 49.3 Å². The zero-order valence-electron chi connectivity index (χ0n) is 9.93. The van der Waals surface area contributed by atoms with Gasteiger partial charge >= 0.3 is 5.97 Å². The maximum absolute atomic E-state index is 10.6. The molecule has 2 N–H and O–H groups in total. The minimum absolute atomic E-state index is 0.00741. The quantitative estimate of drug-likeness (QED) is 0.805. The van der Waals surface area contributed by atoms with Crippen molar-refractivity contribution in [3.05, 3.63) is 22.4 Å². The lowest BCUT2D eigenvalue weighted by atomic mass is 10.0. The summed E-state index contributed by atoms with van der Waals surface area (Å²) < 4.78 is 0. The van der Waals surface area contributed by atoms with Gasteiger partial charge in [0.25, 0.3) is 0 Å². The van der Waals surface area contributed by atoms with E-state index in [-0.39, 0.29) is 18.5 Å². The van der Waals surface area contributed by atoms with Crippen molar-refractivity contribution < 1.29 is 9.90 Å². The maximum atomic E-state index is 10.6. The Morgan fingerprint density at radius 1 is 1.50 bits per heavy atom. The van der Waals surface area contributed by atoms with Gasteiger partial charge in [-0.25, -0.2) is 0 Å². The molecule has 0 fully saturated rings. The van der Waals surface area contributed by atoms with Gasteiger partial charge in [0.2, 0.25) is 0 Å². The molecule has 0 saturated heterocycles. The van der Waals surface area contributed by atoms with Crippen LogP contribution in [0, 0.1) is 5.92 Å². The molecule has 90 valence electrons. The average molecular weight is 241 g/mol. The van der Waals surface area contributed by atoms with Crippen LogP contribution >= 0.6 is 11.3 Å². The van der Waals surface area contributed by atoms with Gasteiger partial charge in [0, 0.05) is 17.0 Å². The van der Waals surface area contributed by atoms with Gasteiger partial charge in [-0.05, 0) is 24.3 Å². The zero-order chi connectivity index (χ0) is 12.1. The van der Waals surface area contributed by atoms with E-state index in [1.807, 2.05) is 18.4 Å². The van der Waals surface area contributed by atoms with Gasteiger partial charge in [-0.15, -0.1) is 11.3 Å². The summed E-state index contributed by atoms with van der Waals surface area (Å²) in [5, 5.41) is 14.2. The van der Waals surface area contributed by atoms with Crippen molar-refractivity contribution in [1.82, 2.24) is 5.32 Å². The molecule has 0 aliphatic heterocycles. The number of carboxylic acid groups (broad SMARTS) is 1. The van der Waals surface area contributed by atoms with E-state index in [0.717, 1.165) is 0 Å². The fourth-order valence-corrected chi connectivity index (χ4v) is 2.66. The minimum atomic E-state index is -0.756. The molecule has 0 radical (unpaired) electrons. The third kappa shape index (κ3) is 3.94.